The van der Waals surface area contributed by atoms with E-state index in [1.54, 1.807) is 0 Å². The summed E-state index contributed by atoms with van der Waals surface area (Å²) in [6.45, 7) is 0.465. The first-order valence-corrected chi connectivity index (χ1v) is 7.14. The third-order valence-corrected chi connectivity index (χ3v) is 4.18. The minimum atomic E-state index is -0.693. The zero-order chi connectivity index (χ0) is 14.7. The van der Waals surface area contributed by atoms with Gasteiger partial charge in [0, 0.05) is 23.1 Å². The summed E-state index contributed by atoms with van der Waals surface area (Å²) in [4.78, 5) is 22.6. The maximum absolute atomic E-state index is 11.0. The minimum Gasteiger partial charge on any atom is -0.375 e. The van der Waals surface area contributed by atoms with Crippen molar-refractivity contribution in [2.75, 3.05) is 5.32 Å². The zero-order valence-electron chi connectivity index (χ0n) is 10.1. The van der Waals surface area contributed by atoms with Gasteiger partial charge < -0.3 is 11.1 Å². The predicted molar refractivity (Wildman–Crippen MR) is 81.0 cm³/mol. The van der Waals surface area contributed by atoms with Crippen LogP contribution in [0, 0.1) is 10.1 Å². The first kappa shape index (κ1) is 14.5. The van der Waals surface area contributed by atoms with Crippen molar-refractivity contribution < 1.29 is 9.72 Å². The van der Waals surface area contributed by atoms with Gasteiger partial charge in [0.25, 0.3) is 5.69 Å². The smallest absolute Gasteiger partial charge is 0.293 e. The van der Waals surface area contributed by atoms with Gasteiger partial charge in [-0.2, -0.15) is 0 Å². The van der Waals surface area contributed by atoms with E-state index in [2.05, 4.69) is 21.2 Å². The number of carbonyl (C=O) groups is 1. The topological polar surface area (TPSA) is 98.3 Å². The van der Waals surface area contributed by atoms with Crippen LogP contribution in [-0.4, -0.2) is 10.8 Å². The van der Waals surface area contributed by atoms with Crippen LogP contribution in [0.15, 0.2) is 34.1 Å². The molecule has 2 aromatic rings. The summed E-state index contributed by atoms with van der Waals surface area (Å²) in [5, 5.41) is 14.0. The van der Waals surface area contributed by atoms with Crippen LogP contribution in [0.2, 0.25) is 0 Å². The van der Waals surface area contributed by atoms with Crippen LogP contribution in [0.5, 0.6) is 0 Å². The maximum atomic E-state index is 11.0. The number of hydrogen-bond donors (Lipinski definition) is 2. The van der Waals surface area contributed by atoms with Gasteiger partial charge in [-0.3, -0.25) is 14.9 Å². The maximum Gasteiger partial charge on any atom is 0.293 e. The average Bonchev–Trinajstić information content (AvgIpc) is 2.81. The van der Waals surface area contributed by atoms with Gasteiger partial charge in [0.1, 0.15) is 5.69 Å². The minimum absolute atomic E-state index is 0.112. The molecule has 0 saturated carbocycles. The quantitative estimate of drug-likeness (QED) is 0.635. The van der Waals surface area contributed by atoms with E-state index >= 15 is 0 Å². The molecule has 8 heteroatoms. The number of benzene rings is 1. The Morgan fingerprint density at radius 3 is 2.70 bits per heavy atom. The van der Waals surface area contributed by atoms with Crippen molar-refractivity contribution in [1.82, 2.24) is 0 Å². The molecular weight excluding hydrogens is 346 g/mol. The lowest BCUT2D eigenvalue weighted by Gasteiger charge is -2.06. The Labute approximate surface area is 126 Å². The van der Waals surface area contributed by atoms with Gasteiger partial charge in [0.15, 0.2) is 0 Å². The van der Waals surface area contributed by atoms with E-state index in [0.29, 0.717) is 12.2 Å². The Bertz CT molecular complexity index is 672. The molecule has 20 heavy (non-hydrogen) atoms. The average molecular weight is 356 g/mol. The van der Waals surface area contributed by atoms with E-state index in [1.165, 1.54) is 29.5 Å². The van der Waals surface area contributed by atoms with E-state index in [0.717, 1.165) is 8.66 Å². The first-order valence-electron chi connectivity index (χ1n) is 5.53. The Balaban J connectivity index is 2.22. The van der Waals surface area contributed by atoms with E-state index in [-0.39, 0.29) is 11.3 Å². The fourth-order valence-electron chi connectivity index (χ4n) is 1.61. The number of nitrogens with one attached hydrogen (secondary N) is 1. The first-order chi connectivity index (χ1) is 9.47. The molecule has 1 aromatic heterocycles. The highest BCUT2D eigenvalue weighted by Gasteiger charge is 2.16. The van der Waals surface area contributed by atoms with Crippen LogP contribution in [0.1, 0.15) is 15.2 Å². The van der Waals surface area contributed by atoms with Crippen LogP contribution >= 0.6 is 27.3 Å². The predicted octanol–water partition coefficient (Wildman–Crippen LogP) is 3.13. The van der Waals surface area contributed by atoms with Gasteiger partial charge >= 0.3 is 0 Å². The Morgan fingerprint density at radius 1 is 1.40 bits per heavy atom. The largest absolute Gasteiger partial charge is 0.375 e. The molecular formula is C12H10BrN3O3S. The molecule has 104 valence electrons. The van der Waals surface area contributed by atoms with Gasteiger partial charge in [-0.15, -0.1) is 11.3 Å². The number of thiophene rings is 1. The number of nitro benzene ring substituents is 1. The second kappa shape index (κ2) is 6.02. The number of primary amides is 1. The molecule has 0 saturated heterocycles. The lowest BCUT2D eigenvalue weighted by molar-refractivity contribution is -0.384. The molecule has 1 amide bonds. The number of carbonyl (C=O) groups excluding carboxylic acids is 1. The van der Waals surface area contributed by atoms with Crippen LogP contribution in [0.4, 0.5) is 11.4 Å². The van der Waals surface area contributed by atoms with Crippen molar-refractivity contribution in [2.24, 2.45) is 5.73 Å². The highest BCUT2D eigenvalue weighted by Crippen LogP contribution is 2.28. The standard InChI is InChI=1S/C12H10BrN3O3S/c13-11-4-2-8(20-11)6-15-9-3-1-7(12(14)17)5-10(9)16(18)19/h1-5,15H,6H2,(H2,14,17). The Morgan fingerprint density at radius 2 is 2.15 bits per heavy atom. The lowest BCUT2D eigenvalue weighted by atomic mass is 10.1. The number of rotatable bonds is 5. The Kier molecular flexibility index (Phi) is 4.35. The summed E-state index contributed by atoms with van der Waals surface area (Å²) < 4.78 is 0.993. The van der Waals surface area contributed by atoms with Gasteiger partial charge in [0.2, 0.25) is 5.91 Å². The summed E-state index contributed by atoms with van der Waals surface area (Å²) >= 11 is 4.89. The van der Waals surface area contributed by atoms with Gasteiger partial charge in [-0.05, 0) is 40.2 Å². The molecule has 1 aromatic carbocycles. The molecule has 0 unspecified atom stereocenters. The molecule has 2 rings (SSSR count). The zero-order valence-corrected chi connectivity index (χ0v) is 12.5. The summed E-state index contributed by atoms with van der Waals surface area (Å²) in [5.74, 6) is -0.693. The molecule has 0 bridgehead atoms. The molecule has 0 radical (unpaired) electrons. The summed E-state index contributed by atoms with van der Waals surface area (Å²) in [6.07, 6.45) is 0. The number of nitrogens with zero attached hydrogens (tertiary/aromatic N) is 1. The number of halogens is 1. The molecule has 6 nitrogen and oxygen atoms in total. The summed E-state index contributed by atoms with van der Waals surface area (Å²) in [7, 11) is 0. The molecule has 0 spiro atoms. The second-order valence-electron chi connectivity index (χ2n) is 3.91. The summed E-state index contributed by atoms with van der Waals surface area (Å²) in [6, 6.07) is 7.95. The van der Waals surface area contributed by atoms with Crippen molar-refractivity contribution >= 4 is 44.5 Å². The molecule has 0 aliphatic rings. The number of nitro groups is 1. The third-order valence-electron chi connectivity index (χ3n) is 2.56. The molecule has 0 fully saturated rings. The van der Waals surface area contributed by atoms with Gasteiger partial charge in [-0.25, -0.2) is 0 Å². The Hall–Kier alpha value is -1.93. The van der Waals surface area contributed by atoms with Crippen LogP contribution < -0.4 is 11.1 Å². The molecule has 0 aliphatic heterocycles. The van der Waals surface area contributed by atoms with Crippen molar-refractivity contribution in [1.29, 1.82) is 0 Å². The third kappa shape index (κ3) is 3.34. The number of hydrogen-bond acceptors (Lipinski definition) is 5. The molecule has 3 N–H and O–H groups in total. The van der Waals surface area contributed by atoms with Gasteiger partial charge in [0.05, 0.1) is 8.71 Å². The fraction of sp³-hybridized carbons (Fsp3) is 0.0833. The van der Waals surface area contributed by atoms with Crippen molar-refractivity contribution in [2.45, 2.75) is 6.54 Å². The second-order valence-corrected chi connectivity index (χ2v) is 6.46. The van der Waals surface area contributed by atoms with E-state index in [1.807, 2.05) is 12.1 Å². The lowest BCUT2D eigenvalue weighted by Crippen LogP contribution is -2.12. The highest BCUT2D eigenvalue weighted by atomic mass is 79.9. The van der Waals surface area contributed by atoms with Crippen LogP contribution in [-0.2, 0) is 6.54 Å². The van der Waals surface area contributed by atoms with E-state index < -0.39 is 10.8 Å². The fourth-order valence-corrected chi connectivity index (χ4v) is 3.04. The molecule has 1 heterocycles. The highest BCUT2D eigenvalue weighted by molar-refractivity contribution is 9.11. The van der Waals surface area contributed by atoms with Gasteiger partial charge in [-0.1, -0.05) is 0 Å². The van der Waals surface area contributed by atoms with Crippen LogP contribution in [0.3, 0.4) is 0 Å². The normalized spacial score (nSPS) is 10.2. The van der Waals surface area contributed by atoms with Crippen molar-refractivity contribution in [3.05, 3.63) is 54.7 Å². The van der Waals surface area contributed by atoms with E-state index in [4.69, 9.17) is 5.73 Å². The monoisotopic (exact) mass is 355 g/mol. The number of nitrogens with two attached hydrogens (primary N) is 1. The van der Waals surface area contributed by atoms with Crippen molar-refractivity contribution in [3.63, 3.8) is 0 Å². The number of amides is 1. The molecule has 0 aliphatic carbocycles. The number of anilines is 1. The van der Waals surface area contributed by atoms with E-state index in [9.17, 15) is 14.9 Å². The van der Waals surface area contributed by atoms with Crippen LogP contribution in [0.25, 0.3) is 0 Å². The SMILES string of the molecule is NC(=O)c1ccc(NCc2ccc(Br)s2)c([N+](=O)[O-])c1. The summed E-state index contributed by atoms with van der Waals surface area (Å²) in [5.41, 5.74) is 5.41. The van der Waals surface area contributed by atoms with Crippen molar-refractivity contribution in [3.8, 4) is 0 Å². The molecule has 0 atom stereocenters.